The molecule has 1 aliphatic carbocycles. The van der Waals surface area contributed by atoms with E-state index in [1.807, 2.05) is 17.4 Å². The maximum Gasteiger partial charge on any atom is 0.137 e. The number of anilines is 3. The number of rotatable bonds is 5. The second-order valence-electron chi connectivity index (χ2n) is 14.2. The van der Waals surface area contributed by atoms with E-state index in [1.54, 1.807) is 0 Å². The van der Waals surface area contributed by atoms with Crippen molar-refractivity contribution in [1.82, 2.24) is 0 Å². The van der Waals surface area contributed by atoms with Gasteiger partial charge in [-0.05, 0) is 88.3 Å². The first-order valence-electron chi connectivity index (χ1n) is 18.2. The van der Waals surface area contributed by atoms with Gasteiger partial charge in [-0.25, -0.2) is 0 Å². The molecule has 1 aliphatic rings. The van der Waals surface area contributed by atoms with Crippen LogP contribution in [0.2, 0.25) is 0 Å². The number of thiophene rings is 1. The molecule has 0 N–H and O–H groups in total. The summed E-state index contributed by atoms with van der Waals surface area (Å²) < 4.78 is 9.02. The fourth-order valence-electron chi connectivity index (χ4n) is 8.86. The highest BCUT2D eigenvalue weighted by atomic mass is 32.1. The highest BCUT2D eigenvalue weighted by molar-refractivity contribution is 7.26. The van der Waals surface area contributed by atoms with Gasteiger partial charge in [0.15, 0.2) is 0 Å². The van der Waals surface area contributed by atoms with Gasteiger partial charge in [-0.3, -0.25) is 0 Å². The molecule has 0 radical (unpaired) electrons. The number of hydrogen-bond acceptors (Lipinski definition) is 3. The average Bonchev–Trinajstić information content (AvgIpc) is 3.88. The van der Waals surface area contributed by atoms with Gasteiger partial charge in [0.25, 0.3) is 0 Å². The van der Waals surface area contributed by atoms with E-state index < -0.39 is 0 Å². The minimum Gasteiger partial charge on any atom is -0.456 e. The van der Waals surface area contributed by atoms with Crippen molar-refractivity contribution in [3.8, 4) is 22.3 Å². The minimum absolute atomic E-state index is 0.330. The first kappa shape index (κ1) is 30.2. The quantitative estimate of drug-likeness (QED) is 0.178. The summed E-state index contributed by atoms with van der Waals surface area (Å²) in [6, 6.07) is 66.1. The zero-order valence-corrected chi connectivity index (χ0v) is 29.9. The van der Waals surface area contributed by atoms with Gasteiger partial charge in [0.2, 0.25) is 0 Å². The number of nitrogens with zero attached hydrogens (tertiary/aromatic N) is 1. The molecule has 0 spiro atoms. The molecule has 53 heavy (non-hydrogen) atoms. The number of para-hydroxylation sites is 1. The van der Waals surface area contributed by atoms with Gasteiger partial charge in [-0.15, -0.1) is 11.3 Å². The van der Waals surface area contributed by atoms with Crippen LogP contribution < -0.4 is 4.90 Å². The standard InChI is InChI=1S/C50H33NOS/c1-50(41-19-9-5-15-36(41)37-16-6-10-20-42(37)50)43-29-30-44(49-48(43)40-18-8-12-22-47(40)53-49)51(34-25-23-33(24-26-34)32-13-3-2-4-14-32)35-27-28-39-38-17-7-11-21-45(38)52-46(39)31-35/h2-31H,1H3. The maximum atomic E-state index is 6.47. The van der Waals surface area contributed by atoms with Crippen molar-refractivity contribution >= 4 is 70.5 Å². The summed E-state index contributed by atoms with van der Waals surface area (Å²) in [6.45, 7) is 2.42. The maximum absolute atomic E-state index is 6.47. The summed E-state index contributed by atoms with van der Waals surface area (Å²) in [5, 5.41) is 4.86. The molecule has 0 atom stereocenters. The number of benzene rings is 8. The molecular formula is C50H33NOS. The zero-order chi connectivity index (χ0) is 35.1. The van der Waals surface area contributed by atoms with Crippen molar-refractivity contribution in [3.05, 3.63) is 199 Å². The SMILES string of the molecule is CC1(c2ccc(N(c3ccc(-c4ccccc4)cc3)c3ccc4c(c3)oc3ccccc34)c3sc4ccccc4c23)c2ccccc2-c2ccccc21. The van der Waals surface area contributed by atoms with Crippen molar-refractivity contribution in [2.24, 2.45) is 0 Å². The lowest BCUT2D eigenvalue weighted by Gasteiger charge is -2.31. The molecule has 3 heteroatoms. The Hall–Kier alpha value is -6.42. The Morgan fingerprint density at radius 2 is 1.08 bits per heavy atom. The van der Waals surface area contributed by atoms with Gasteiger partial charge in [-0.2, -0.15) is 0 Å². The van der Waals surface area contributed by atoms with Crippen LogP contribution in [0.5, 0.6) is 0 Å². The summed E-state index contributed by atoms with van der Waals surface area (Å²) in [4.78, 5) is 2.42. The molecule has 8 aromatic carbocycles. The summed E-state index contributed by atoms with van der Waals surface area (Å²) in [7, 11) is 0. The molecule has 10 aromatic rings. The van der Waals surface area contributed by atoms with E-state index in [0.717, 1.165) is 39.0 Å². The Labute approximate surface area is 311 Å². The molecule has 2 heterocycles. The topological polar surface area (TPSA) is 16.4 Å². The molecule has 0 bridgehead atoms. The van der Waals surface area contributed by atoms with Crippen molar-refractivity contribution in [2.45, 2.75) is 12.3 Å². The van der Waals surface area contributed by atoms with Gasteiger partial charge < -0.3 is 9.32 Å². The van der Waals surface area contributed by atoms with Crippen LogP contribution in [-0.4, -0.2) is 0 Å². The van der Waals surface area contributed by atoms with E-state index >= 15 is 0 Å². The fourth-order valence-corrected chi connectivity index (χ4v) is 10.1. The van der Waals surface area contributed by atoms with E-state index in [9.17, 15) is 0 Å². The third-order valence-electron chi connectivity index (χ3n) is 11.4. The molecule has 0 aliphatic heterocycles. The van der Waals surface area contributed by atoms with Gasteiger partial charge in [0, 0.05) is 49.1 Å². The first-order valence-corrected chi connectivity index (χ1v) is 19.0. The van der Waals surface area contributed by atoms with Crippen molar-refractivity contribution in [3.63, 3.8) is 0 Å². The normalized spacial score (nSPS) is 13.2. The Morgan fingerprint density at radius 3 is 1.85 bits per heavy atom. The van der Waals surface area contributed by atoms with Crippen LogP contribution in [0.15, 0.2) is 186 Å². The van der Waals surface area contributed by atoms with Crippen LogP contribution in [0.3, 0.4) is 0 Å². The molecule has 2 nitrogen and oxygen atoms in total. The molecule has 2 aromatic heterocycles. The Balaban J connectivity index is 1.18. The Kier molecular flexibility index (Phi) is 6.58. The lowest BCUT2D eigenvalue weighted by Crippen LogP contribution is -2.23. The molecule has 250 valence electrons. The van der Waals surface area contributed by atoms with Crippen LogP contribution in [0.25, 0.3) is 64.4 Å². The predicted octanol–water partition coefficient (Wildman–Crippen LogP) is 14.4. The van der Waals surface area contributed by atoms with Crippen LogP contribution in [0.4, 0.5) is 17.1 Å². The monoisotopic (exact) mass is 695 g/mol. The van der Waals surface area contributed by atoms with E-state index in [1.165, 1.54) is 59.1 Å². The summed E-state index contributed by atoms with van der Waals surface area (Å²) >= 11 is 1.88. The average molecular weight is 696 g/mol. The van der Waals surface area contributed by atoms with Crippen molar-refractivity contribution in [1.29, 1.82) is 0 Å². The van der Waals surface area contributed by atoms with Gasteiger partial charge in [0.1, 0.15) is 11.2 Å². The third kappa shape index (κ3) is 4.44. The number of furan rings is 1. The fraction of sp³-hybridized carbons (Fsp3) is 0.0400. The highest BCUT2D eigenvalue weighted by Crippen LogP contribution is 2.56. The van der Waals surface area contributed by atoms with Crippen LogP contribution in [0.1, 0.15) is 23.6 Å². The van der Waals surface area contributed by atoms with Crippen molar-refractivity contribution < 1.29 is 4.42 Å². The minimum atomic E-state index is -0.330. The summed E-state index contributed by atoms with van der Waals surface area (Å²) in [5.74, 6) is 0. The number of hydrogen-bond donors (Lipinski definition) is 0. The van der Waals surface area contributed by atoms with Crippen LogP contribution >= 0.6 is 11.3 Å². The van der Waals surface area contributed by atoms with Gasteiger partial charge >= 0.3 is 0 Å². The Morgan fingerprint density at radius 1 is 0.472 bits per heavy atom. The first-order chi connectivity index (χ1) is 26.2. The molecule has 0 unspecified atom stereocenters. The van der Waals surface area contributed by atoms with Crippen LogP contribution in [0, 0.1) is 0 Å². The third-order valence-corrected chi connectivity index (χ3v) is 12.6. The number of fused-ring (bicyclic) bond motifs is 9. The second-order valence-corrected chi connectivity index (χ2v) is 15.2. The summed E-state index contributed by atoms with van der Waals surface area (Å²) in [6.07, 6.45) is 0. The largest absolute Gasteiger partial charge is 0.456 e. The Bertz CT molecular complexity index is 2980. The molecule has 0 saturated heterocycles. The molecule has 11 rings (SSSR count). The zero-order valence-electron chi connectivity index (χ0n) is 29.1. The van der Waals surface area contributed by atoms with E-state index in [-0.39, 0.29) is 5.41 Å². The smallest absolute Gasteiger partial charge is 0.137 e. The summed E-state index contributed by atoms with van der Waals surface area (Å²) in [5.41, 5.74) is 13.8. The molecular weight excluding hydrogens is 663 g/mol. The van der Waals surface area contributed by atoms with Crippen LogP contribution in [-0.2, 0) is 5.41 Å². The van der Waals surface area contributed by atoms with Crippen molar-refractivity contribution in [2.75, 3.05) is 4.90 Å². The lowest BCUT2D eigenvalue weighted by molar-refractivity contribution is 0.669. The molecule has 0 saturated carbocycles. The lowest BCUT2D eigenvalue weighted by atomic mass is 9.72. The van der Waals surface area contributed by atoms with E-state index in [4.69, 9.17) is 4.42 Å². The molecule has 0 fully saturated rings. The van der Waals surface area contributed by atoms with E-state index in [0.29, 0.717) is 0 Å². The second kappa shape index (κ2) is 11.5. The molecule has 0 amide bonds. The van der Waals surface area contributed by atoms with E-state index in [2.05, 4.69) is 188 Å². The highest BCUT2D eigenvalue weighted by Gasteiger charge is 2.42. The van der Waals surface area contributed by atoms with Gasteiger partial charge in [-0.1, -0.05) is 133 Å². The van der Waals surface area contributed by atoms with Gasteiger partial charge in [0.05, 0.1) is 10.4 Å². The predicted molar refractivity (Wildman–Crippen MR) is 224 cm³/mol.